The Bertz CT molecular complexity index is 1400. The van der Waals surface area contributed by atoms with Crippen LogP contribution in [0.1, 0.15) is 54.7 Å². The SMILES string of the molecule is O=C(NC1(C(=O)N[C@@H](CC2CC2)C(=O)O)CCN(Cc2ccccc2)CC1)OCC1c2ccccc2-c2ccccc21. The van der Waals surface area contributed by atoms with Crippen LogP contribution in [0.2, 0.25) is 0 Å². The van der Waals surface area contributed by atoms with Crippen molar-refractivity contribution in [1.82, 2.24) is 15.5 Å². The van der Waals surface area contributed by atoms with Crippen LogP contribution in [0, 0.1) is 5.92 Å². The minimum Gasteiger partial charge on any atom is -0.480 e. The third-order valence-corrected chi connectivity index (χ3v) is 8.95. The Hall–Kier alpha value is -4.17. The third-order valence-electron chi connectivity index (χ3n) is 8.95. The van der Waals surface area contributed by atoms with E-state index in [0.29, 0.717) is 38.3 Å². The first-order valence-electron chi connectivity index (χ1n) is 14.8. The molecule has 3 aromatic carbocycles. The number of nitrogens with zero attached hydrogens (tertiary/aromatic N) is 1. The smallest absolute Gasteiger partial charge is 0.408 e. The summed E-state index contributed by atoms with van der Waals surface area (Å²) in [4.78, 5) is 41.3. The molecular weight excluding hydrogens is 530 g/mol. The molecule has 2 amide bonds. The van der Waals surface area contributed by atoms with Gasteiger partial charge in [0, 0.05) is 25.6 Å². The summed E-state index contributed by atoms with van der Waals surface area (Å²) in [5.41, 5.74) is 4.41. The van der Waals surface area contributed by atoms with Crippen LogP contribution in [0.5, 0.6) is 0 Å². The number of carbonyl (C=O) groups excluding carboxylic acids is 2. The molecule has 0 unspecified atom stereocenters. The van der Waals surface area contributed by atoms with E-state index in [1.54, 1.807) is 0 Å². The van der Waals surface area contributed by atoms with Crippen LogP contribution in [0.25, 0.3) is 11.1 Å². The summed E-state index contributed by atoms with van der Waals surface area (Å²) in [5, 5.41) is 15.5. The molecular formula is C34H37N3O5. The van der Waals surface area contributed by atoms with Crippen LogP contribution in [-0.2, 0) is 20.9 Å². The molecule has 1 heterocycles. The van der Waals surface area contributed by atoms with E-state index in [2.05, 4.69) is 51.9 Å². The number of amides is 2. The zero-order valence-electron chi connectivity index (χ0n) is 23.6. The summed E-state index contributed by atoms with van der Waals surface area (Å²) in [6.45, 7) is 2.03. The van der Waals surface area contributed by atoms with E-state index in [-0.39, 0.29) is 12.5 Å². The molecule has 1 atom stereocenters. The Morgan fingerprint density at radius 2 is 1.48 bits per heavy atom. The van der Waals surface area contributed by atoms with Crippen molar-refractivity contribution < 1.29 is 24.2 Å². The van der Waals surface area contributed by atoms with E-state index in [4.69, 9.17) is 4.74 Å². The normalized spacial score (nSPS) is 18.4. The van der Waals surface area contributed by atoms with Gasteiger partial charge in [0.25, 0.3) is 0 Å². The van der Waals surface area contributed by atoms with Gasteiger partial charge in [0.15, 0.2) is 0 Å². The molecule has 2 aliphatic carbocycles. The Balaban J connectivity index is 1.16. The molecule has 8 heteroatoms. The van der Waals surface area contributed by atoms with Crippen LogP contribution in [-0.4, -0.2) is 59.3 Å². The lowest BCUT2D eigenvalue weighted by Crippen LogP contribution is -2.65. The second kappa shape index (κ2) is 12.0. The largest absolute Gasteiger partial charge is 0.480 e. The molecule has 0 radical (unpaired) electrons. The van der Waals surface area contributed by atoms with E-state index in [0.717, 1.165) is 41.6 Å². The number of ether oxygens (including phenoxy) is 1. The zero-order valence-corrected chi connectivity index (χ0v) is 23.6. The van der Waals surface area contributed by atoms with Crippen molar-refractivity contribution in [1.29, 1.82) is 0 Å². The quantitative estimate of drug-likeness (QED) is 0.321. The summed E-state index contributed by atoms with van der Waals surface area (Å²) in [5.74, 6) is -1.28. The molecule has 3 aromatic rings. The summed E-state index contributed by atoms with van der Waals surface area (Å²) in [6, 6.07) is 25.4. The Labute approximate surface area is 246 Å². The van der Waals surface area contributed by atoms with E-state index >= 15 is 0 Å². The van der Waals surface area contributed by atoms with Crippen LogP contribution in [0.3, 0.4) is 0 Å². The minimum absolute atomic E-state index is 0.101. The van der Waals surface area contributed by atoms with Gasteiger partial charge in [-0.1, -0.05) is 91.7 Å². The summed E-state index contributed by atoms with van der Waals surface area (Å²) in [7, 11) is 0. The number of fused-ring (bicyclic) bond motifs is 3. The number of carbonyl (C=O) groups is 3. The highest BCUT2D eigenvalue weighted by atomic mass is 16.5. The fraction of sp³-hybridized carbons (Fsp3) is 0.382. The third kappa shape index (κ3) is 6.04. The fourth-order valence-corrected chi connectivity index (χ4v) is 6.38. The van der Waals surface area contributed by atoms with Crippen molar-refractivity contribution in [2.45, 2.75) is 56.1 Å². The standard InChI is InChI=1S/C34H37N3O5/c38-31(39)30(20-23-14-15-23)35-32(40)34(16-18-37(19-17-34)21-24-8-2-1-3-9-24)36-33(41)42-22-29-27-12-6-4-10-25(27)26-11-5-7-13-28(26)29/h1-13,23,29-30H,14-22H2,(H,35,40)(H,36,41)(H,38,39)/t30-/m0/s1. The van der Waals surface area contributed by atoms with Gasteiger partial charge in [-0.3, -0.25) is 9.69 Å². The summed E-state index contributed by atoms with van der Waals surface area (Å²) < 4.78 is 5.81. The molecule has 0 bridgehead atoms. The molecule has 6 rings (SSSR count). The minimum atomic E-state index is -1.26. The highest BCUT2D eigenvalue weighted by molar-refractivity contribution is 5.93. The molecule has 3 N–H and O–H groups in total. The lowest BCUT2D eigenvalue weighted by molar-refractivity contribution is -0.143. The first kappa shape index (κ1) is 28.0. The van der Waals surface area contributed by atoms with E-state index in [1.165, 1.54) is 5.56 Å². The van der Waals surface area contributed by atoms with Gasteiger partial charge in [-0.25, -0.2) is 9.59 Å². The maximum absolute atomic E-state index is 13.8. The van der Waals surface area contributed by atoms with Crippen molar-refractivity contribution in [3.05, 3.63) is 95.6 Å². The highest BCUT2D eigenvalue weighted by Gasteiger charge is 2.45. The second-order valence-electron chi connectivity index (χ2n) is 11.8. The van der Waals surface area contributed by atoms with E-state index in [9.17, 15) is 19.5 Å². The van der Waals surface area contributed by atoms with E-state index < -0.39 is 29.6 Å². The number of rotatable bonds is 10. The number of hydrogen-bond donors (Lipinski definition) is 3. The van der Waals surface area contributed by atoms with Crippen LogP contribution < -0.4 is 10.6 Å². The predicted octanol–water partition coefficient (Wildman–Crippen LogP) is 4.93. The van der Waals surface area contributed by atoms with Crippen LogP contribution in [0.15, 0.2) is 78.9 Å². The fourth-order valence-electron chi connectivity index (χ4n) is 6.38. The number of nitrogens with one attached hydrogen (secondary N) is 2. The molecule has 0 aromatic heterocycles. The van der Waals surface area contributed by atoms with Crippen molar-refractivity contribution in [3.63, 3.8) is 0 Å². The zero-order chi connectivity index (χ0) is 29.1. The number of likely N-dealkylation sites (tertiary alicyclic amines) is 1. The van der Waals surface area contributed by atoms with Crippen molar-refractivity contribution in [3.8, 4) is 11.1 Å². The van der Waals surface area contributed by atoms with Gasteiger partial charge < -0.3 is 20.5 Å². The number of carboxylic acids is 1. The average molecular weight is 568 g/mol. The second-order valence-corrected chi connectivity index (χ2v) is 11.8. The molecule has 218 valence electrons. The van der Waals surface area contributed by atoms with Gasteiger partial charge in [-0.2, -0.15) is 0 Å². The average Bonchev–Trinajstić information content (AvgIpc) is 3.77. The van der Waals surface area contributed by atoms with Gasteiger partial charge in [-0.05, 0) is 53.0 Å². The lowest BCUT2D eigenvalue weighted by Gasteiger charge is -2.41. The maximum Gasteiger partial charge on any atom is 0.408 e. The number of carboxylic acid groups (broad SMARTS) is 1. The van der Waals surface area contributed by atoms with Crippen LogP contribution >= 0.6 is 0 Å². The molecule has 3 aliphatic rings. The predicted molar refractivity (Wildman–Crippen MR) is 159 cm³/mol. The molecule has 8 nitrogen and oxygen atoms in total. The Morgan fingerprint density at radius 1 is 0.881 bits per heavy atom. The number of alkyl carbamates (subject to hydrolysis) is 1. The van der Waals surface area contributed by atoms with Crippen LogP contribution in [0.4, 0.5) is 4.79 Å². The molecule has 42 heavy (non-hydrogen) atoms. The summed E-state index contributed by atoms with van der Waals surface area (Å²) in [6.07, 6.45) is 2.41. The van der Waals surface area contributed by atoms with Gasteiger partial charge in [0.05, 0.1) is 0 Å². The van der Waals surface area contributed by atoms with Crippen molar-refractivity contribution >= 4 is 18.0 Å². The van der Waals surface area contributed by atoms with Gasteiger partial charge in [-0.15, -0.1) is 0 Å². The first-order chi connectivity index (χ1) is 20.4. The Morgan fingerprint density at radius 3 is 2.07 bits per heavy atom. The lowest BCUT2D eigenvalue weighted by atomic mass is 9.85. The van der Waals surface area contributed by atoms with Gasteiger partial charge in [0.1, 0.15) is 18.2 Å². The maximum atomic E-state index is 13.8. The topological polar surface area (TPSA) is 108 Å². The highest BCUT2D eigenvalue weighted by Crippen LogP contribution is 2.44. The molecule has 0 spiro atoms. The number of hydrogen-bond acceptors (Lipinski definition) is 5. The van der Waals surface area contributed by atoms with Gasteiger partial charge in [0.2, 0.25) is 5.91 Å². The molecule has 1 aliphatic heterocycles. The van der Waals surface area contributed by atoms with Crippen molar-refractivity contribution in [2.75, 3.05) is 19.7 Å². The first-order valence-corrected chi connectivity index (χ1v) is 14.8. The van der Waals surface area contributed by atoms with Gasteiger partial charge >= 0.3 is 12.1 Å². The molecule has 2 fully saturated rings. The molecule has 1 saturated heterocycles. The van der Waals surface area contributed by atoms with E-state index in [1.807, 2.05) is 42.5 Å². The number of piperidine rings is 1. The Kier molecular flexibility index (Phi) is 7.98. The summed E-state index contributed by atoms with van der Waals surface area (Å²) >= 11 is 0. The monoisotopic (exact) mass is 567 g/mol. The number of benzene rings is 3. The van der Waals surface area contributed by atoms with Crippen molar-refractivity contribution in [2.24, 2.45) is 5.92 Å². The number of aliphatic carboxylic acids is 1. The molecule has 1 saturated carbocycles.